The topological polar surface area (TPSA) is 32.7 Å². The highest BCUT2D eigenvalue weighted by Crippen LogP contribution is 2.29. The third kappa shape index (κ3) is 3.37. The number of nitrogens with zero attached hydrogens (tertiary/aromatic N) is 2. The van der Waals surface area contributed by atoms with E-state index in [1.165, 1.54) is 12.1 Å². The molecule has 0 radical (unpaired) electrons. The SMILES string of the molecule is Cc1ccc(/C=C2\N=C(c3ccc(F)cc3)c3ccccc3N(C)C2=O)cc1. The molecule has 4 rings (SSSR count). The monoisotopic (exact) mass is 370 g/mol. The lowest BCUT2D eigenvalue weighted by molar-refractivity contribution is -0.114. The molecule has 0 aliphatic carbocycles. The quantitative estimate of drug-likeness (QED) is 0.585. The summed E-state index contributed by atoms with van der Waals surface area (Å²) in [7, 11) is 1.74. The van der Waals surface area contributed by atoms with Gasteiger partial charge in [-0.2, -0.15) is 0 Å². The van der Waals surface area contributed by atoms with Gasteiger partial charge in [0.1, 0.15) is 11.5 Å². The molecule has 1 heterocycles. The van der Waals surface area contributed by atoms with Gasteiger partial charge in [0.2, 0.25) is 0 Å². The first-order chi connectivity index (χ1) is 13.5. The summed E-state index contributed by atoms with van der Waals surface area (Å²) in [5.41, 5.74) is 5.38. The number of fused-ring (bicyclic) bond motifs is 1. The van der Waals surface area contributed by atoms with E-state index < -0.39 is 0 Å². The maximum Gasteiger partial charge on any atom is 0.276 e. The van der Waals surface area contributed by atoms with Gasteiger partial charge >= 0.3 is 0 Å². The second-order valence-corrected chi connectivity index (χ2v) is 6.79. The molecule has 4 heteroatoms. The Bertz CT molecular complexity index is 1100. The molecule has 0 saturated carbocycles. The Morgan fingerprint density at radius 1 is 0.929 bits per heavy atom. The van der Waals surface area contributed by atoms with Gasteiger partial charge in [-0.3, -0.25) is 4.79 Å². The normalized spacial score (nSPS) is 15.2. The fourth-order valence-corrected chi connectivity index (χ4v) is 3.22. The molecule has 1 aliphatic rings. The minimum absolute atomic E-state index is 0.190. The van der Waals surface area contributed by atoms with Crippen LogP contribution in [0.2, 0.25) is 0 Å². The number of likely N-dealkylation sites (N-methyl/N-ethyl adjacent to an activating group) is 1. The number of aliphatic imine (C=N–C) groups is 1. The molecule has 0 fully saturated rings. The number of carbonyl (C=O) groups is 1. The Kier molecular flexibility index (Phi) is 4.62. The highest BCUT2D eigenvalue weighted by Gasteiger charge is 2.25. The van der Waals surface area contributed by atoms with Gasteiger partial charge < -0.3 is 4.90 Å². The van der Waals surface area contributed by atoms with Crippen LogP contribution in [0.5, 0.6) is 0 Å². The number of benzodiazepines with no additional fused rings is 1. The van der Waals surface area contributed by atoms with E-state index in [-0.39, 0.29) is 11.7 Å². The molecule has 0 aromatic heterocycles. The first-order valence-corrected chi connectivity index (χ1v) is 9.03. The van der Waals surface area contributed by atoms with Crippen LogP contribution in [-0.2, 0) is 4.79 Å². The van der Waals surface area contributed by atoms with Crippen molar-refractivity contribution in [2.75, 3.05) is 11.9 Å². The van der Waals surface area contributed by atoms with E-state index >= 15 is 0 Å². The van der Waals surface area contributed by atoms with E-state index in [1.54, 1.807) is 30.2 Å². The van der Waals surface area contributed by atoms with Gasteiger partial charge in [-0.1, -0.05) is 48.0 Å². The molecule has 0 bridgehead atoms. The number of amides is 1. The molecule has 0 saturated heterocycles. The summed E-state index contributed by atoms with van der Waals surface area (Å²) in [5, 5.41) is 0. The minimum atomic E-state index is -0.310. The lowest BCUT2D eigenvalue weighted by atomic mass is 10.0. The van der Waals surface area contributed by atoms with Crippen LogP contribution in [0.4, 0.5) is 10.1 Å². The van der Waals surface area contributed by atoms with Crippen molar-refractivity contribution < 1.29 is 9.18 Å². The molecule has 3 aromatic rings. The van der Waals surface area contributed by atoms with Crippen LogP contribution in [0.1, 0.15) is 22.3 Å². The van der Waals surface area contributed by atoms with Crippen molar-refractivity contribution in [2.45, 2.75) is 6.92 Å². The second kappa shape index (κ2) is 7.24. The fourth-order valence-electron chi connectivity index (χ4n) is 3.22. The Balaban J connectivity index is 1.92. The van der Waals surface area contributed by atoms with Crippen LogP contribution in [0.3, 0.4) is 0 Å². The molecule has 0 atom stereocenters. The molecule has 0 N–H and O–H groups in total. The van der Waals surface area contributed by atoms with Crippen molar-refractivity contribution in [1.82, 2.24) is 0 Å². The number of rotatable bonds is 2. The van der Waals surface area contributed by atoms with Crippen LogP contribution in [0.15, 0.2) is 83.5 Å². The van der Waals surface area contributed by atoms with Gasteiger partial charge in [0.05, 0.1) is 11.4 Å². The summed E-state index contributed by atoms with van der Waals surface area (Å²) in [6.07, 6.45) is 1.79. The van der Waals surface area contributed by atoms with Crippen molar-refractivity contribution in [3.05, 3.63) is 107 Å². The molecule has 0 spiro atoms. The number of para-hydroxylation sites is 1. The largest absolute Gasteiger partial charge is 0.309 e. The molecule has 3 nitrogen and oxygen atoms in total. The maximum atomic E-state index is 13.4. The Labute approximate surface area is 163 Å². The van der Waals surface area contributed by atoms with Gasteiger partial charge in [0, 0.05) is 18.2 Å². The van der Waals surface area contributed by atoms with Gasteiger partial charge in [-0.15, -0.1) is 0 Å². The summed E-state index contributed by atoms with van der Waals surface area (Å²) in [4.78, 5) is 19.4. The Morgan fingerprint density at radius 3 is 2.32 bits per heavy atom. The minimum Gasteiger partial charge on any atom is -0.309 e. The molecule has 138 valence electrons. The van der Waals surface area contributed by atoms with Gasteiger partial charge in [-0.25, -0.2) is 9.38 Å². The maximum absolute atomic E-state index is 13.4. The van der Waals surface area contributed by atoms with Gasteiger partial charge in [-0.05, 0) is 48.9 Å². The number of aryl methyl sites for hydroxylation is 1. The lowest BCUT2D eigenvalue weighted by Gasteiger charge is -2.17. The number of halogens is 1. The second-order valence-electron chi connectivity index (χ2n) is 6.79. The number of carbonyl (C=O) groups excluding carboxylic acids is 1. The molecular formula is C24H19FN2O. The van der Waals surface area contributed by atoms with Gasteiger partial charge in [0.25, 0.3) is 5.91 Å². The fraction of sp³-hybridized carbons (Fsp3) is 0.0833. The van der Waals surface area contributed by atoms with Crippen molar-refractivity contribution >= 4 is 23.4 Å². The van der Waals surface area contributed by atoms with Crippen LogP contribution in [0.25, 0.3) is 6.08 Å². The van der Waals surface area contributed by atoms with Crippen molar-refractivity contribution in [2.24, 2.45) is 4.99 Å². The Hall–Kier alpha value is -3.53. The van der Waals surface area contributed by atoms with Gasteiger partial charge in [0.15, 0.2) is 0 Å². The van der Waals surface area contributed by atoms with E-state index in [9.17, 15) is 9.18 Å². The van der Waals surface area contributed by atoms with E-state index in [1.807, 2.05) is 55.5 Å². The summed E-state index contributed by atoms with van der Waals surface area (Å²) >= 11 is 0. The zero-order valence-corrected chi connectivity index (χ0v) is 15.7. The molecule has 28 heavy (non-hydrogen) atoms. The highest BCUT2D eigenvalue weighted by molar-refractivity contribution is 6.23. The van der Waals surface area contributed by atoms with Crippen molar-refractivity contribution in [1.29, 1.82) is 0 Å². The summed E-state index contributed by atoms with van der Waals surface area (Å²) in [6, 6.07) is 21.7. The van der Waals surface area contributed by atoms with Crippen molar-refractivity contribution in [3.63, 3.8) is 0 Å². The third-order valence-electron chi connectivity index (χ3n) is 4.77. The first kappa shape index (κ1) is 17.9. The highest BCUT2D eigenvalue weighted by atomic mass is 19.1. The number of benzene rings is 3. The number of hydrogen-bond donors (Lipinski definition) is 0. The van der Waals surface area contributed by atoms with E-state index in [2.05, 4.69) is 0 Å². The van der Waals surface area contributed by atoms with Crippen LogP contribution < -0.4 is 4.90 Å². The van der Waals surface area contributed by atoms with E-state index in [0.717, 1.165) is 27.9 Å². The molecule has 0 unspecified atom stereocenters. The zero-order chi connectivity index (χ0) is 19.7. The molecule has 3 aromatic carbocycles. The van der Waals surface area contributed by atoms with Crippen LogP contribution in [0, 0.1) is 12.7 Å². The Morgan fingerprint density at radius 2 is 1.61 bits per heavy atom. The average Bonchev–Trinajstić information content (AvgIpc) is 2.81. The summed E-state index contributed by atoms with van der Waals surface area (Å²) < 4.78 is 13.4. The number of hydrogen-bond acceptors (Lipinski definition) is 2. The summed E-state index contributed by atoms with van der Waals surface area (Å²) in [6.45, 7) is 2.02. The van der Waals surface area contributed by atoms with E-state index in [0.29, 0.717) is 11.4 Å². The smallest absolute Gasteiger partial charge is 0.276 e. The predicted molar refractivity (Wildman–Crippen MR) is 111 cm³/mol. The summed E-state index contributed by atoms with van der Waals surface area (Å²) in [5.74, 6) is -0.500. The molecule has 1 amide bonds. The predicted octanol–water partition coefficient (Wildman–Crippen LogP) is 4.99. The average molecular weight is 370 g/mol. The lowest BCUT2D eigenvalue weighted by Crippen LogP contribution is -2.26. The van der Waals surface area contributed by atoms with Crippen LogP contribution >= 0.6 is 0 Å². The third-order valence-corrected chi connectivity index (χ3v) is 4.77. The molecular weight excluding hydrogens is 351 g/mol. The first-order valence-electron chi connectivity index (χ1n) is 9.03. The molecule has 1 aliphatic heterocycles. The van der Waals surface area contributed by atoms with Crippen LogP contribution in [-0.4, -0.2) is 18.7 Å². The van der Waals surface area contributed by atoms with E-state index in [4.69, 9.17) is 4.99 Å². The standard InChI is InChI=1S/C24H19FN2O/c1-16-7-9-17(10-8-16)15-21-24(28)27(2)22-6-4-3-5-20(22)23(26-21)18-11-13-19(25)14-12-18/h3-15H,1-2H3/b21-15-. The zero-order valence-electron chi connectivity index (χ0n) is 15.7. The number of anilines is 1. The van der Waals surface area contributed by atoms with Crippen molar-refractivity contribution in [3.8, 4) is 0 Å².